The molecule has 0 spiro atoms. The van der Waals surface area contributed by atoms with Gasteiger partial charge in [-0.25, -0.2) is 0 Å². The Hall–Kier alpha value is -0.570. The highest BCUT2D eigenvalue weighted by Crippen LogP contribution is 2.18. The van der Waals surface area contributed by atoms with E-state index in [9.17, 15) is 3.89 Å². The molecule has 0 unspecified atom stereocenters. The molecule has 0 aliphatic rings. The molecule has 0 fully saturated rings. The standard InChI is InChI=1S/C7H8FNS/c1-2-6-3-7(10-8)5-9-4-6/h3-5H,2H2,1H3. The number of pyridine rings is 1. The molecule has 54 valence electrons. The molecule has 1 heterocycles. The van der Waals surface area contributed by atoms with Crippen LogP contribution < -0.4 is 0 Å². The summed E-state index contributed by atoms with van der Waals surface area (Å²) in [5.74, 6) is 0. The van der Waals surface area contributed by atoms with Crippen molar-refractivity contribution in [1.29, 1.82) is 0 Å². The fourth-order valence-electron chi connectivity index (χ4n) is 0.699. The van der Waals surface area contributed by atoms with Gasteiger partial charge in [0, 0.05) is 12.4 Å². The van der Waals surface area contributed by atoms with E-state index in [1.807, 2.05) is 6.92 Å². The van der Waals surface area contributed by atoms with Crippen molar-refractivity contribution in [2.24, 2.45) is 0 Å². The van der Waals surface area contributed by atoms with Crippen LogP contribution in [-0.4, -0.2) is 4.98 Å². The van der Waals surface area contributed by atoms with Crippen molar-refractivity contribution < 1.29 is 3.89 Å². The van der Waals surface area contributed by atoms with Gasteiger partial charge in [0.15, 0.2) is 0 Å². The molecule has 0 amide bonds. The molecule has 0 N–H and O–H groups in total. The Morgan fingerprint density at radius 2 is 2.40 bits per heavy atom. The molecule has 0 atom stereocenters. The Labute approximate surface area is 64.0 Å². The van der Waals surface area contributed by atoms with E-state index < -0.39 is 0 Å². The minimum atomic E-state index is 0.236. The van der Waals surface area contributed by atoms with Crippen molar-refractivity contribution in [3.8, 4) is 0 Å². The summed E-state index contributed by atoms with van der Waals surface area (Å²) < 4.78 is 11.9. The van der Waals surface area contributed by atoms with Crippen LogP contribution in [0, 0.1) is 0 Å². The molecule has 1 rings (SSSR count). The average molecular weight is 157 g/mol. The number of nitrogens with zero attached hydrogens (tertiary/aromatic N) is 1. The Balaban J connectivity index is 2.87. The zero-order chi connectivity index (χ0) is 7.40. The first-order valence-electron chi connectivity index (χ1n) is 3.09. The lowest BCUT2D eigenvalue weighted by Crippen LogP contribution is -1.81. The summed E-state index contributed by atoms with van der Waals surface area (Å²) in [6.45, 7) is 2.02. The predicted octanol–water partition coefficient (Wildman–Crippen LogP) is 2.62. The Bertz CT molecular complexity index is 195. The maximum Gasteiger partial charge on any atom is 0.0828 e. The van der Waals surface area contributed by atoms with Crippen molar-refractivity contribution in [2.45, 2.75) is 18.2 Å². The fourth-order valence-corrected chi connectivity index (χ4v) is 0.996. The number of hydrogen-bond acceptors (Lipinski definition) is 2. The zero-order valence-corrected chi connectivity index (χ0v) is 6.49. The maximum absolute atomic E-state index is 11.9. The SMILES string of the molecule is CCc1cncc(SF)c1. The summed E-state index contributed by atoms with van der Waals surface area (Å²) in [6, 6.07) is 1.80. The Kier molecular flexibility index (Phi) is 2.68. The summed E-state index contributed by atoms with van der Waals surface area (Å²) in [7, 11) is 0. The predicted molar refractivity (Wildman–Crippen MR) is 40.6 cm³/mol. The third-order valence-electron chi connectivity index (χ3n) is 1.27. The second-order valence-corrected chi connectivity index (χ2v) is 2.59. The zero-order valence-electron chi connectivity index (χ0n) is 5.67. The van der Waals surface area contributed by atoms with E-state index in [2.05, 4.69) is 4.98 Å². The summed E-state index contributed by atoms with van der Waals surface area (Å²) >= 11 is 0.236. The van der Waals surface area contributed by atoms with Crippen LogP contribution in [0.2, 0.25) is 0 Å². The van der Waals surface area contributed by atoms with E-state index in [4.69, 9.17) is 0 Å². The van der Waals surface area contributed by atoms with Crippen LogP contribution in [0.25, 0.3) is 0 Å². The maximum atomic E-state index is 11.9. The van der Waals surface area contributed by atoms with Gasteiger partial charge in [0.1, 0.15) is 0 Å². The normalized spacial score (nSPS) is 9.80. The summed E-state index contributed by atoms with van der Waals surface area (Å²) in [5.41, 5.74) is 1.07. The molecule has 0 radical (unpaired) electrons. The molecular formula is C7H8FNS. The highest BCUT2D eigenvalue weighted by atomic mass is 32.2. The van der Waals surface area contributed by atoms with Gasteiger partial charge in [0.25, 0.3) is 0 Å². The number of aromatic nitrogens is 1. The molecule has 0 saturated carbocycles. The largest absolute Gasteiger partial charge is 0.263 e. The molecule has 0 aliphatic heterocycles. The molecule has 1 aromatic rings. The quantitative estimate of drug-likeness (QED) is 0.654. The van der Waals surface area contributed by atoms with Gasteiger partial charge < -0.3 is 0 Å². The third-order valence-corrected chi connectivity index (χ3v) is 1.67. The molecule has 3 heteroatoms. The first-order chi connectivity index (χ1) is 4.86. The van der Waals surface area contributed by atoms with Crippen molar-refractivity contribution in [3.63, 3.8) is 0 Å². The lowest BCUT2D eigenvalue weighted by molar-refractivity contribution is 0.929. The molecular weight excluding hydrogens is 149 g/mol. The number of rotatable bonds is 2. The Morgan fingerprint density at radius 3 is 3.00 bits per heavy atom. The van der Waals surface area contributed by atoms with Gasteiger partial charge in [0.05, 0.1) is 17.0 Å². The molecule has 0 saturated heterocycles. The smallest absolute Gasteiger partial charge is 0.0828 e. The van der Waals surface area contributed by atoms with Gasteiger partial charge in [0.2, 0.25) is 0 Å². The summed E-state index contributed by atoms with van der Waals surface area (Å²) in [4.78, 5) is 4.45. The van der Waals surface area contributed by atoms with Gasteiger partial charge >= 0.3 is 0 Å². The van der Waals surface area contributed by atoms with Gasteiger partial charge in [-0.2, -0.15) is 3.89 Å². The van der Waals surface area contributed by atoms with Gasteiger partial charge in [-0.1, -0.05) is 6.92 Å². The van der Waals surface area contributed by atoms with Gasteiger partial charge in [-0.3, -0.25) is 4.98 Å². The van der Waals surface area contributed by atoms with Crippen LogP contribution in [0.1, 0.15) is 12.5 Å². The summed E-state index contributed by atoms with van der Waals surface area (Å²) in [6.07, 6.45) is 4.17. The van der Waals surface area contributed by atoms with Crippen LogP contribution in [0.3, 0.4) is 0 Å². The lowest BCUT2D eigenvalue weighted by atomic mass is 10.2. The van der Waals surface area contributed by atoms with Crippen molar-refractivity contribution in [1.82, 2.24) is 4.98 Å². The summed E-state index contributed by atoms with van der Waals surface area (Å²) in [5, 5.41) is 0. The monoisotopic (exact) mass is 157 g/mol. The number of hydrogen-bond donors (Lipinski definition) is 0. The molecule has 1 aromatic heterocycles. The van der Waals surface area contributed by atoms with Crippen LogP contribution in [0.15, 0.2) is 23.4 Å². The highest BCUT2D eigenvalue weighted by Gasteiger charge is 1.93. The Morgan fingerprint density at radius 1 is 1.60 bits per heavy atom. The van der Waals surface area contributed by atoms with E-state index in [0.29, 0.717) is 4.90 Å². The van der Waals surface area contributed by atoms with Crippen LogP contribution in [0.5, 0.6) is 0 Å². The third kappa shape index (κ3) is 1.70. The minimum Gasteiger partial charge on any atom is -0.263 e. The van der Waals surface area contributed by atoms with E-state index in [-0.39, 0.29) is 12.1 Å². The van der Waals surface area contributed by atoms with Crippen LogP contribution in [-0.2, 0) is 6.42 Å². The molecule has 10 heavy (non-hydrogen) atoms. The molecule has 0 bridgehead atoms. The van der Waals surface area contributed by atoms with E-state index in [0.717, 1.165) is 12.0 Å². The number of halogens is 1. The average Bonchev–Trinajstić information content (AvgIpc) is 2.05. The van der Waals surface area contributed by atoms with Gasteiger partial charge in [-0.05, 0) is 18.1 Å². The van der Waals surface area contributed by atoms with Crippen LogP contribution >= 0.6 is 12.1 Å². The molecule has 0 aliphatic carbocycles. The van der Waals surface area contributed by atoms with E-state index in [1.165, 1.54) is 6.20 Å². The van der Waals surface area contributed by atoms with Crippen LogP contribution in [0.4, 0.5) is 3.89 Å². The van der Waals surface area contributed by atoms with Crippen molar-refractivity contribution in [2.75, 3.05) is 0 Å². The van der Waals surface area contributed by atoms with E-state index in [1.54, 1.807) is 12.3 Å². The van der Waals surface area contributed by atoms with Gasteiger partial charge in [-0.15, -0.1) is 0 Å². The highest BCUT2D eigenvalue weighted by molar-refractivity contribution is 7.94. The van der Waals surface area contributed by atoms with Crippen molar-refractivity contribution in [3.05, 3.63) is 24.0 Å². The second-order valence-electron chi connectivity index (χ2n) is 1.96. The number of aryl methyl sites for hydroxylation is 1. The first kappa shape index (κ1) is 7.54. The lowest BCUT2D eigenvalue weighted by Gasteiger charge is -1.95. The second kappa shape index (κ2) is 3.56. The molecule has 1 nitrogen and oxygen atoms in total. The fraction of sp³-hybridized carbons (Fsp3) is 0.286. The van der Waals surface area contributed by atoms with E-state index >= 15 is 0 Å². The molecule has 0 aromatic carbocycles. The topological polar surface area (TPSA) is 12.9 Å². The minimum absolute atomic E-state index is 0.236. The van der Waals surface area contributed by atoms with Crippen molar-refractivity contribution >= 4 is 12.1 Å². The first-order valence-corrected chi connectivity index (χ1v) is 3.81.